The number of methoxy groups -OCH3 is 2. The van der Waals surface area contributed by atoms with Crippen LogP contribution in [0.2, 0.25) is 0 Å². The van der Waals surface area contributed by atoms with Crippen LogP contribution in [-0.2, 0) is 12.2 Å². The van der Waals surface area contributed by atoms with Gasteiger partial charge in [0.15, 0.2) is 17.3 Å². The highest BCUT2D eigenvalue weighted by Crippen LogP contribution is 2.36. The molecule has 8 heteroatoms. The van der Waals surface area contributed by atoms with Crippen LogP contribution < -0.4 is 9.47 Å². The highest BCUT2D eigenvalue weighted by molar-refractivity contribution is 7.98. The van der Waals surface area contributed by atoms with E-state index in [1.54, 1.807) is 36.7 Å². The average molecular weight is 461 g/mol. The fourth-order valence-corrected chi connectivity index (χ4v) is 4.99. The Bertz CT molecular complexity index is 1350. The maximum Gasteiger partial charge on any atom is 0.253 e. The molecule has 7 nitrogen and oxygen atoms in total. The van der Waals surface area contributed by atoms with Crippen molar-refractivity contribution in [3.05, 3.63) is 76.6 Å². The molecular weight excluding hydrogens is 436 g/mol. The smallest absolute Gasteiger partial charge is 0.253 e. The molecule has 0 radical (unpaired) electrons. The average Bonchev–Trinajstić information content (AvgIpc) is 3.23. The van der Waals surface area contributed by atoms with Gasteiger partial charge in [0, 0.05) is 18.4 Å². The minimum absolute atomic E-state index is 0.0258. The van der Waals surface area contributed by atoms with Crippen molar-refractivity contribution in [1.29, 1.82) is 0 Å². The highest BCUT2D eigenvalue weighted by Gasteiger charge is 2.29. The van der Waals surface area contributed by atoms with Crippen LogP contribution in [0.5, 0.6) is 11.5 Å². The molecule has 0 amide bonds. The summed E-state index contributed by atoms with van der Waals surface area (Å²) in [5.41, 5.74) is 4.87. The van der Waals surface area contributed by atoms with Crippen molar-refractivity contribution in [2.45, 2.75) is 36.6 Å². The molecule has 2 heterocycles. The normalized spacial score (nSPS) is 15.5. The van der Waals surface area contributed by atoms with Crippen LogP contribution >= 0.6 is 11.8 Å². The Morgan fingerprint density at radius 3 is 2.70 bits per heavy atom. The van der Waals surface area contributed by atoms with E-state index in [-0.39, 0.29) is 11.7 Å². The van der Waals surface area contributed by atoms with E-state index in [1.165, 1.54) is 11.1 Å². The van der Waals surface area contributed by atoms with Crippen LogP contribution in [0.25, 0.3) is 5.78 Å². The van der Waals surface area contributed by atoms with E-state index < -0.39 is 0 Å². The van der Waals surface area contributed by atoms with Gasteiger partial charge in [-0.05, 0) is 42.5 Å². The number of aromatic nitrogens is 4. The second kappa shape index (κ2) is 8.86. The summed E-state index contributed by atoms with van der Waals surface area (Å²) >= 11 is 1.56. The molecule has 1 aliphatic rings. The summed E-state index contributed by atoms with van der Waals surface area (Å²) in [6, 6.07) is 14.2. The topological polar surface area (TPSA) is 78.6 Å². The van der Waals surface area contributed by atoms with Crippen molar-refractivity contribution in [3.8, 4) is 11.5 Å². The van der Waals surface area contributed by atoms with Gasteiger partial charge in [-0.15, -0.1) is 5.10 Å². The SMILES string of the molecule is COc1ccc(C2CC(=O)c3cn4nc(SCc5cccc(C)c5)nc4nc3C2)cc1OC. The molecule has 0 saturated carbocycles. The monoisotopic (exact) mass is 460 g/mol. The van der Waals surface area contributed by atoms with Crippen LogP contribution in [0.4, 0.5) is 0 Å². The standard InChI is InChI=1S/C25H24N4O3S/c1-15-5-4-6-16(9-15)14-33-25-27-24-26-20-10-18(11-21(30)19(20)13-29(24)28-25)17-7-8-22(31-2)23(12-17)32-3/h4-9,12-13,18H,10-11,14H2,1-3H3. The van der Waals surface area contributed by atoms with Gasteiger partial charge in [-0.2, -0.15) is 4.98 Å². The zero-order valence-electron chi connectivity index (χ0n) is 18.7. The van der Waals surface area contributed by atoms with Gasteiger partial charge in [-0.25, -0.2) is 9.50 Å². The van der Waals surface area contributed by atoms with Crippen molar-refractivity contribution in [2.24, 2.45) is 0 Å². The number of rotatable bonds is 6. The third kappa shape index (κ3) is 4.30. The van der Waals surface area contributed by atoms with Crippen molar-refractivity contribution in [3.63, 3.8) is 0 Å². The highest BCUT2D eigenvalue weighted by atomic mass is 32.2. The Balaban J connectivity index is 1.40. The van der Waals surface area contributed by atoms with E-state index in [0.29, 0.717) is 40.8 Å². The third-order valence-electron chi connectivity index (χ3n) is 5.89. The van der Waals surface area contributed by atoms with E-state index in [9.17, 15) is 4.79 Å². The van der Waals surface area contributed by atoms with Gasteiger partial charge >= 0.3 is 0 Å². The minimum Gasteiger partial charge on any atom is -0.493 e. The zero-order chi connectivity index (χ0) is 22.9. The van der Waals surface area contributed by atoms with E-state index >= 15 is 0 Å². The lowest BCUT2D eigenvalue weighted by Gasteiger charge is -2.23. The lowest BCUT2D eigenvalue weighted by Crippen LogP contribution is -2.21. The quantitative estimate of drug-likeness (QED) is 0.387. The number of hydrogen-bond donors (Lipinski definition) is 0. The van der Waals surface area contributed by atoms with Crippen LogP contribution in [-0.4, -0.2) is 39.6 Å². The maximum atomic E-state index is 13.0. The van der Waals surface area contributed by atoms with Crippen LogP contribution in [0, 0.1) is 6.92 Å². The molecule has 0 saturated heterocycles. The number of hydrogen-bond acceptors (Lipinski definition) is 7. The number of ketones is 1. The van der Waals surface area contributed by atoms with Crippen LogP contribution in [0.15, 0.2) is 53.8 Å². The van der Waals surface area contributed by atoms with Gasteiger partial charge in [0.25, 0.3) is 5.78 Å². The van der Waals surface area contributed by atoms with Gasteiger partial charge in [-0.3, -0.25) is 4.79 Å². The molecule has 5 rings (SSSR count). The second-order valence-electron chi connectivity index (χ2n) is 8.16. The number of thioether (sulfide) groups is 1. The molecule has 0 aliphatic heterocycles. The van der Waals surface area contributed by atoms with Gasteiger partial charge in [0.1, 0.15) is 0 Å². The Morgan fingerprint density at radius 2 is 1.91 bits per heavy atom. The Hall–Kier alpha value is -3.39. The summed E-state index contributed by atoms with van der Waals surface area (Å²) in [6.45, 7) is 2.08. The predicted octanol–water partition coefficient (Wildman–Crippen LogP) is 4.65. The molecule has 1 unspecified atom stereocenters. The first-order chi connectivity index (χ1) is 16.0. The largest absolute Gasteiger partial charge is 0.493 e. The summed E-state index contributed by atoms with van der Waals surface area (Å²) < 4.78 is 12.4. The van der Waals surface area contributed by atoms with E-state index in [0.717, 1.165) is 17.0 Å². The number of carbonyl (C=O) groups excluding carboxylic acids is 1. The molecule has 2 aromatic carbocycles. The van der Waals surface area contributed by atoms with Crippen molar-refractivity contribution < 1.29 is 14.3 Å². The number of aryl methyl sites for hydroxylation is 1. The summed E-state index contributed by atoms with van der Waals surface area (Å²) in [7, 11) is 3.22. The van der Waals surface area contributed by atoms with Gasteiger partial charge < -0.3 is 9.47 Å². The Labute approximate surface area is 196 Å². The molecule has 168 valence electrons. The van der Waals surface area contributed by atoms with Gasteiger partial charge in [0.2, 0.25) is 5.16 Å². The first-order valence-electron chi connectivity index (χ1n) is 10.7. The fourth-order valence-electron chi connectivity index (χ4n) is 4.22. The molecule has 33 heavy (non-hydrogen) atoms. The summed E-state index contributed by atoms with van der Waals surface area (Å²) in [6.07, 6.45) is 2.85. The number of fused-ring (bicyclic) bond motifs is 2. The number of Topliss-reactive ketones (excluding diaryl/α,β-unsaturated/α-hetero) is 1. The molecule has 0 N–H and O–H groups in total. The second-order valence-corrected chi connectivity index (χ2v) is 9.10. The predicted molar refractivity (Wildman–Crippen MR) is 126 cm³/mol. The molecule has 0 bridgehead atoms. The molecule has 2 aromatic heterocycles. The number of ether oxygens (including phenoxy) is 2. The number of benzene rings is 2. The summed E-state index contributed by atoms with van der Waals surface area (Å²) in [5.74, 6) is 2.71. The zero-order valence-corrected chi connectivity index (χ0v) is 19.6. The molecular formula is C25H24N4O3S. The van der Waals surface area contributed by atoms with Crippen LogP contribution in [0.3, 0.4) is 0 Å². The summed E-state index contributed by atoms with van der Waals surface area (Å²) in [4.78, 5) is 22.3. The Kier molecular flexibility index (Phi) is 5.76. The van der Waals surface area contributed by atoms with E-state index in [1.807, 2.05) is 18.2 Å². The van der Waals surface area contributed by atoms with Gasteiger partial charge in [-0.1, -0.05) is 47.7 Å². The Morgan fingerprint density at radius 1 is 1.06 bits per heavy atom. The molecule has 4 aromatic rings. The van der Waals surface area contributed by atoms with Crippen molar-refractivity contribution in [2.75, 3.05) is 14.2 Å². The first-order valence-corrected chi connectivity index (χ1v) is 11.7. The molecule has 1 aliphatic carbocycles. The lowest BCUT2D eigenvalue weighted by atomic mass is 9.82. The van der Waals surface area contributed by atoms with Gasteiger partial charge in [0.05, 0.1) is 25.5 Å². The molecule has 0 spiro atoms. The first kappa shape index (κ1) is 21.5. The van der Waals surface area contributed by atoms with Crippen molar-refractivity contribution in [1.82, 2.24) is 19.6 Å². The number of nitrogens with zero attached hydrogens (tertiary/aromatic N) is 4. The van der Waals surface area contributed by atoms with E-state index in [4.69, 9.17) is 14.5 Å². The summed E-state index contributed by atoms with van der Waals surface area (Å²) in [5, 5.41) is 5.18. The third-order valence-corrected chi connectivity index (χ3v) is 6.80. The van der Waals surface area contributed by atoms with Crippen molar-refractivity contribution >= 4 is 23.3 Å². The van der Waals surface area contributed by atoms with Crippen LogP contribution in [0.1, 0.15) is 45.1 Å². The lowest BCUT2D eigenvalue weighted by molar-refractivity contribution is 0.0962. The maximum absolute atomic E-state index is 13.0. The minimum atomic E-state index is 0.0258. The fraction of sp³-hybridized carbons (Fsp3) is 0.280. The number of carbonyl (C=O) groups is 1. The molecule has 1 atom stereocenters. The molecule has 0 fully saturated rings. The van der Waals surface area contributed by atoms with E-state index in [2.05, 4.69) is 41.3 Å².